The second-order valence-corrected chi connectivity index (χ2v) is 5.21. The summed E-state index contributed by atoms with van der Waals surface area (Å²) >= 11 is 0. The number of carbonyl (C=O) groups is 1. The van der Waals surface area contributed by atoms with Gasteiger partial charge in [-0.1, -0.05) is 12.1 Å². The Bertz CT molecular complexity index is 891. The maximum absolute atomic E-state index is 11.7. The summed E-state index contributed by atoms with van der Waals surface area (Å²) in [5, 5.41) is 6.53. The molecule has 0 aliphatic heterocycles. The molecule has 3 aromatic rings. The number of aromatic nitrogens is 2. The molecule has 116 valence electrons. The van der Waals surface area contributed by atoms with E-state index < -0.39 is 0 Å². The molecule has 2 aromatic carbocycles. The quantitative estimate of drug-likeness (QED) is 0.647. The normalized spacial score (nSPS) is 10.5. The summed E-state index contributed by atoms with van der Waals surface area (Å²) < 4.78 is 0. The van der Waals surface area contributed by atoms with Gasteiger partial charge in [0.05, 0.1) is 5.52 Å². The summed E-state index contributed by atoms with van der Waals surface area (Å²) in [5.74, 6) is 0.311. The van der Waals surface area contributed by atoms with Crippen LogP contribution in [0, 0.1) is 6.92 Å². The van der Waals surface area contributed by atoms with Crippen molar-refractivity contribution >= 4 is 34.1 Å². The third kappa shape index (κ3) is 2.91. The van der Waals surface area contributed by atoms with Gasteiger partial charge in [0.15, 0.2) is 0 Å². The molecule has 0 atom stereocenters. The Morgan fingerprint density at radius 2 is 2.04 bits per heavy atom. The first-order valence-corrected chi connectivity index (χ1v) is 7.19. The molecule has 3 rings (SSSR count). The van der Waals surface area contributed by atoms with Crippen molar-refractivity contribution in [2.75, 3.05) is 18.1 Å². The Labute approximate surface area is 133 Å². The molecule has 6 nitrogen and oxygen atoms in total. The number of nitrogen functional groups attached to an aromatic ring is 1. The number of benzene rings is 2. The standard InChI is InChI=1S/C17H17N5O/c1-10-6-7-14-13(15(10)18)9-20-17(22-14)21-12-5-3-4-11(8-12)16(23)19-2/h3-9H,18H2,1-2H3,(H,19,23)(H,20,21,22). The van der Waals surface area contributed by atoms with Crippen LogP contribution in [0.15, 0.2) is 42.6 Å². The number of nitrogens with zero attached hydrogens (tertiary/aromatic N) is 2. The molecular formula is C17H17N5O. The van der Waals surface area contributed by atoms with E-state index in [1.54, 1.807) is 31.4 Å². The minimum absolute atomic E-state index is 0.142. The average Bonchev–Trinajstić information content (AvgIpc) is 2.58. The summed E-state index contributed by atoms with van der Waals surface area (Å²) in [6, 6.07) is 11.0. The van der Waals surface area contributed by atoms with Gasteiger partial charge in [0.25, 0.3) is 5.91 Å². The molecule has 6 heteroatoms. The second-order valence-electron chi connectivity index (χ2n) is 5.21. The highest BCUT2D eigenvalue weighted by molar-refractivity contribution is 5.95. The Morgan fingerprint density at radius 3 is 2.83 bits per heavy atom. The molecule has 1 aromatic heterocycles. The monoisotopic (exact) mass is 307 g/mol. The van der Waals surface area contributed by atoms with Crippen molar-refractivity contribution in [1.29, 1.82) is 0 Å². The molecule has 0 aliphatic carbocycles. The minimum Gasteiger partial charge on any atom is -0.398 e. The van der Waals surface area contributed by atoms with Gasteiger partial charge >= 0.3 is 0 Å². The molecule has 0 bridgehead atoms. The topological polar surface area (TPSA) is 92.9 Å². The van der Waals surface area contributed by atoms with Crippen LogP contribution in [-0.2, 0) is 0 Å². The van der Waals surface area contributed by atoms with E-state index in [1.807, 2.05) is 25.1 Å². The first-order valence-electron chi connectivity index (χ1n) is 7.19. The molecule has 0 radical (unpaired) electrons. The van der Waals surface area contributed by atoms with Gasteiger partial charge in [0, 0.05) is 35.6 Å². The van der Waals surface area contributed by atoms with Gasteiger partial charge in [-0.15, -0.1) is 0 Å². The van der Waals surface area contributed by atoms with Crippen molar-refractivity contribution in [3.05, 3.63) is 53.7 Å². The van der Waals surface area contributed by atoms with Gasteiger partial charge in [0.1, 0.15) is 0 Å². The first kappa shape index (κ1) is 14.8. The number of nitrogens with one attached hydrogen (secondary N) is 2. The summed E-state index contributed by atoms with van der Waals surface area (Å²) in [6.45, 7) is 1.95. The largest absolute Gasteiger partial charge is 0.398 e. The molecule has 23 heavy (non-hydrogen) atoms. The maximum Gasteiger partial charge on any atom is 0.251 e. The fraction of sp³-hybridized carbons (Fsp3) is 0.118. The minimum atomic E-state index is -0.142. The number of hydrogen-bond acceptors (Lipinski definition) is 5. The van der Waals surface area contributed by atoms with E-state index in [9.17, 15) is 4.79 Å². The zero-order chi connectivity index (χ0) is 16.4. The van der Waals surface area contributed by atoms with Gasteiger partial charge in [0.2, 0.25) is 5.95 Å². The van der Waals surface area contributed by atoms with Crippen molar-refractivity contribution < 1.29 is 4.79 Å². The van der Waals surface area contributed by atoms with Crippen LogP contribution in [0.2, 0.25) is 0 Å². The smallest absolute Gasteiger partial charge is 0.251 e. The molecule has 1 heterocycles. The molecule has 0 aliphatic rings. The SMILES string of the molecule is CNC(=O)c1cccc(Nc2ncc3c(N)c(C)ccc3n2)c1. The highest BCUT2D eigenvalue weighted by atomic mass is 16.1. The lowest BCUT2D eigenvalue weighted by atomic mass is 10.1. The van der Waals surface area contributed by atoms with Crippen molar-refractivity contribution in [3.63, 3.8) is 0 Å². The van der Waals surface area contributed by atoms with E-state index in [4.69, 9.17) is 5.73 Å². The number of aryl methyl sites for hydroxylation is 1. The zero-order valence-corrected chi connectivity index (χ0v) is 12.9. The third-order valence-electron chi connectivity index (χ3n) is 3.63. The summed E-state index contributed by atoms with van der Waals surface area (Å²) in [5.41, 5.74) is 9.82. The fourth-order valence-electron chi connectivity index (χ4n) is 2.31. The lowest BCUT2D eigenvalue weighted by molar-refractivity contribution is 0.0963. The lowest BCUT2D eigenvalue weighted by Gasteiger charge is -2.09. The molecule has 0 saturated carbocycles. The molecule has 0 fully saturated rings. The molecule has 0 unspecified atom stereocenters. The van der Waals surface area contributed by atoms with E-state index in [0.29, 0.717) is 17.2 Å². The van der Waals surface area contributed by atoms with Crippen LogP contribution in [0.1, 0.15) is 15.9 Å². The van der Waals surface area contributed by atoms with Crippen LogP contribution in [-0.4, -0.2) is 22.9 Å². The number of carbonyl (C=O) groups excluding carboxylic acids is 1. The number of nitrogens with two attached hydrogens (primary N) is 1. The Balaban J connectivity index is 1.93. The van der Waals surface area contributed by atoms with E-state index in [1.165, 1.54) is 0 Å². The Kier molecular flexibility index (Phi) is 3.80. The van der Waals surface area contributed by atoms with Crippen LogP contribution < -0.4 is 16.4 Å². The van der Waals surface area contributed by atoms with Crippen molar-refractivity contribution in [1.82, 2.24) is 15.3 Å². The summed E-state index contributed by atoms with van der Waals surface area (Å²) in [4.78, 5) is 20.4. The van der Waals surface area contributed by atoms with E-state index in [-0.39, 0.29) is 5.91 Å². The number of amides is 1. The first-order chi connectivity index (χ1) is 11.1. The van der Waals surface area contributed by atoms with Crippen LogP contribution in [0.5, 0.6) is 0 Å². The van der Waals surface area contributed by atoms with Crippen LogP contribution in [0.3, 0.4) is 0 Å². The molecule has 0 spiro atoms. The van der Waals surface area contributed by atoms with Crippen molar-refractivity contribution in [3.8, 4) is 0 Å². The third-order valence-corrected chi connectivity index (χ3v) is 3.63. The highest BCUT2D eigenvalue weighted by Gasteiger charge is 2.07. The van der Waals surface area contributed by atoms with E-state index in [2.05, 4.69) is 20.6 Å². The summed E-state index contributed by atoms with van der Waals surface area (Å²) in [7, 11) is 1.60. The molecular weight excluding hydrogens is 290 g/mol. The van der Waals surface area contributed by atoms with Crippen LogP contribution in [0.4, 0.5) is 17.3 Å². The number of hydrogen-bond donors (Lipinski definition) is 3. The van der Waals surface area contributed by atoms with E-state index in [0.717, 1.165) is 22.2 Å². The maximum atomic E-state index is 11.7. The van der Waals surface area contributed by atoms with Gasteiger partial charge in [-0.2, -0.15) is 0 Å². The number of anilines is 3. The van der Waals surface area contributed by atoms with Crippen LogP contribution >= 0.6 is 0 Å². The summed E-state index contributed by atoms with van der Waals surface area (Å²) in [6.07, 6.45) is 1.70. The lowest BCUT2D eigenvalue weighted by Crippen LogP contribution is -2.17. The van der Waals surface area contributed by atoms with Crippen molar-refractivity contribution in [2.24, 2.45) is 0 Å². The highest BCUT2D eigenvalue weighted by Crippen LogP contribution is 2.24. The average molecular weight is 307 g/mol. The van der Waals surface area contributed by atoms with Gasteiger partial charge in [-0.25, -0.2) is 9.97 Å². The Hall–Kier alpha value is -3.15. The van der Waals surface area contributed by atoms with Crippen molar-refractivity contribution in [2.45, 2.75) is 6.92 Å². The zero-order valence-electron chi connectivity index (χ0n) is 12.9. The number of fused-ring (bicyclic) bond motifs is 1. The van der Waals surface area contributed by atoms with Gasteiger partial charge in [-0.05, 0) is 36.8 Å². The predicted molar refractivity (Wildman–Crippen MR) is 91.8 cm³/mol. The molecule has 0 saturated heterocycles. The number of rotatable bonds is 3. The Morgan fingerprint density at radius 1 is 1.22 bits per heavy atom. The van der Waals surface area contributed by atoms with Crippen LogP contribution in [0.25, 0.3) is 10.9 Å². The molecule has 4 N–H and O–H groups in total. The van der Waals surface area contributed by atoms with Gasteiger partial charge < -0.3 is 16.4 Å². The fourth-order valence-corrected chi connectivity index (χ4v) is 2.31. The predicted octanol–water partition coefficient (Wildman–Crippen LogP) is 2.62. The van der Waals surface area contributed by atoms with Gasteiger partial charge in [-0.3, -0.25) is 4.79 Å². The second kappa shape index (κ2) is 5.92. The molecule has 1 amide bonds. The van der Waals surface area contributed by atoms with E-state index >= 15 is 0 Å².